The van der Waals surface area contributed by atoms with Crippen LogP contribution in [-0.2, 0) is 4.79 Å². The Morgan fingerprint density at radius 3 is 2.29 bits per heavy atom. The Morgan fingerprint density at radius 2 is 1.48 bits per heavy atom. The number of amides is 1. The molecule has 4 aromatic rings. The minimum absolute atomic E-state index is 0.116. The van der Waals surface area contributed by atoms with E-state index in [1.54, 1.807) is 4.90 Å². The fraction of sp³-hybridized carbons (Fsp3) is 0.0714. The van der Waals surface area contributed by atoms with Gasteiger partial charge in [0, 0.05) is 5.56 Å². The van der Waals surface area contributed by atoms with Crippen molar-refractivity contribution in [1.29, 1.82) is 0 Å². The summed E-state index contributed by atoms with van der Waals surface area (Å²) >= 11 is 0. The molecule has 1 amide bonds. The van der Waals surface area contributed by atoms with Gasteiger partial charge in [0.1, 0.15) is 11.5 Å². The van der Waals surface area contributed by atoms with Crippen LogP contribution in [0.5, 0.6) is 0 Å². The molecule has 5 rings (SSSR count). The molecular formula is C28H22N2O. The minimum atomic E-state index is -0.116. The number of nitrogens with zero attached hydrogens (tertiary/aromatic N) is 2. The lowest BCUT2D eigenvalue weighted by atomic mass is 10.0. The van der Waals surface area contributed by atoms with E-state index in [4.69, 9.17) is 4.99 Å². The topological polar surface area (TPSA) is 32.7 Å². The maximum absolute atomic E-state index is 13.6. The van der Waals surface area contributed by atoms with Crippen molar-refractivity contribution < 1.29 is 4.79 Å². The summed E-state index contributed by atoms with van der Waals surface area (Å²) in [5, 5.41) is 2.24. The van der Waals surface area contributed by atoms with Crippen LogP contribution in [0.3, 0.4) is 0 Å². The molecule has 0 bridgehead atoms. The first-order valence-corrected chi connectivity index (χ1v) is 10.4. The van der Waals surface area contributed by atoms with Gasteiger partial charge in [0.25, 0.3) is 5.91 Å². The molecule has 0 fully saturated rings. The van der Waals surface area contributed by atoms with Crippen molar-refractivity contribution in [1.82, 2.24) is 0 Å². The van der Waals surface area contributed by atoms with E-state index in [2.05, 4.69) is 24.3 Å². The van der Waals surface area contributed by atoms with E-state index in [0.29, 0.717) is 11.5 Å². The van der Waals surface area contributed by atoms with Gasteiger partial charge in [-0.2, -0.15) is 0 Å². The molecule has 0 aromatic heterocycles. The normalized spacial score (nSPS) is 15.0. The number of fused-ring (bicyclic) bond motifs is 1. The Bertz CT molecular complexity index is 1380. The summed E-state index contributed by atoms with van der Waals surface area (Å²) < 4.78 is 0. The van der Waals surface area contributed by atoms with Gasteiger partial charge in [-0.15, -0.1) is 0 Å². The monoisotopic (exact) mass is 402 g/mol. The zero-order valence-corrected chi connectivity index (χ0v) is 17.5. The lowest BCUT2D eigenvalue weighted by Gasteiger charge is -2.19. The van der Waals surface area contributed by atoms with E-state index in [0.717, 1.165) is 38.7 Å². The average Bonchev–Trinajstić information content (AvgIpc) is 3.10. The van der Waals surface area contributed by atoms with Crippen molar-refractivity contribution in [2.45, 2.75) is 13.8 Å². The number of carbonyl (C=O) groups is 1. The summed E-state index contributed by atoms with van der Waals surface area (Å²) in [4.78, 5) is 20.1. The molecule has 0 aliphatic carbocycles. The summed E-state index contributed by atoms with van der Waals surface area (Å²) in [6.07, 6.45) is 1.90. The smallest absolute Gasteiger partial charge is 0.266 e. The van der Waals surface area contributed by atoms with Crippen LogP contribution in [0.4, 0.5) is 5.69 Å². The second-order valence-corrected chi connectivity index (χ2v) is 7.88. The molecule has 1 aliphatic heterocycles. The fourth-order valence-corrected chi connectivity index (χ4v) is 4.02. The number of aryl methyl sites for hydroxylation is 2. The minimum Gasteiger partial charge on any atom is -0.266 e. The van der Waals surface area contributed by atoms with Crippen molar-refractivity contribution in [3.05, 3.63) is 119 Å². The molecule has 1 heterocycles. The molecule has 0 N–H and O–H groups in total. The summed E-state index contributed by atoms with van der Waals surface area (Å²) in [5.41, 5.74) is 5.40. The predicted molar refractivity (Wildman–Crippen MR) is 128 cm³/mol. The van der Waals surface area contributed by atoms with Gasteiger partial charge < -0.3 is 0 Å². The zero-order chi connectivity index (χ0) is 21.4. The highest BCUT2D eigenvalue weighted by molar-refractivity contribution is 6.33. The molecule has 4 aromatic carbocycles. The third-order valence-electron chi connectivity index (χ3n) is 5.51. The van der Waals surface area contributed by atoms with Crippen LogP contribution in [0.25, 0.3) is 16.8 Å². The third-order valence-corrected chi connectivity index (χ3v) is 5.51. The Labute approximate surface area is 182 Å². The van der Waals surface area contributed by atoms with Gasteiger partial charge in [-0.25, -0.2) is 4.99 Å². The van der Waals surface area contributed by atoms with Crippen molar-refractivity contribution in [2.24, 2.45) is 4.99 Å². The van der Waals surface area contributed by atoms with E-state index in [1.807, 2.05) is 86.7 Å². The highest BCUT2D eigenvalue weighted by Crippen LogP contribution is 2.30. The summed E-state index contributed by atoms with van der Waals surface area (Å²) in [5.74, 6) is 0.542. The molecule has 0 unspecified atom stereocenters. The Morgan fingerprint density at radius 1 is 0.774 bits per heavy atom. The molecule has 1 aliphatic rings. The van der Waals surface area contributed by atoms with Crippen molar-refractivity contribution in [3.8, 4) is 0 Å². The van der Waals surface area contributed by atoms with Crippen molar-refractivity contribution in [3.63, 3.8) is 0 Å². The fourth-order valence-electron chi connectivity index (χ4n) is 4.02. The van der Waals surface area contributed by atoms with Gasteiger partial charge in [-0.05, 0) is 60.0 Å². The summed E-state index contributed by atoms with van der Waals surface area (Å²) in [7, 11) is 0. The van der Waals surface area contributed by atoms with Crippen LogP contribution in [0, 0.1) is 13.8 Å². The lowest BCUT2D eigenvalue weighted by molar-refractivity contribution is -0.113. The molecule has 31 heavy (non-hydrogen) atoms. The first-order valence-electron chi connectivity index (χ1n) is 10.4. The molecule has 0 saturated carbocycles. The van der Waals surface area contributed by atoms with Crippen LogP contribution >= 0.6 is 0 Å². The molecule has 150 valence electrons. The molecule has 0 radical (unpaired) electrons. The Hall–Kier alpha value is -3.98. The van der Waals surface area contributed by atoms with Crippen LogP contribution < -0.4 is 4.90 Å². The zero-order valence-electron chi connectivity index (χ0n) is 17.5. The molecular weight excluding hydrogens is 380 g/mol. The van der Waals surface area contributed by atoms with E-state index in [9.17, 15) is 4.79 Å². The summed E-state index contributed by atoms with van der Waals surface area (Å²) in [6.45, 7) is 4.07. The standard InChI is InChI=1S/C28H22N2O/c1-19-8-5-13-23(16-19)27-29-26(28(31)30(27)24-14-6-9-20(2)17-24)18-22-12-7-11-21-10-3-4-15-25(21)22/h3-18H,1-2H3/b26-18+. The van der Waals surface area contributed by atoms with Crippen molar-refractivity contribution >= 4 is 34.3 Å². The maximum atomic E-state index is 13.6. The molecule has 0 atom stereocenters. The quantitative estimate of drug-likeness (QED) is 0.371. The number of anilines is 1. The highest BCUT2D eigenvalue weighted by Gasteiger charge is 2.32. The molecule has 0 spiro atoms. The van der Waals surface area contributed by atoms with Gasteiger partial charge in [0.15, 0.2) is 0 Å². The molecule has 3 heteroatoms. The molecule has 0 saturated heterocycles. The van der Waals surface area contributed by atoms with E-state index in [1.165, 1.54) is 0 Å². The van der Waals surface area contributed by atoms with Crippen LogP contribution in [0.15, 0.2) is 102 Å². The van der Waals surface area contributed by atoms with Gasteiger partial charge in [0.05, 0.1) is 5.69 Å². The lowest BCUT2D eigenvalue weighted by Crippen LogP contribution is -2.32. The summed E-state index contributed by atoms with van der Waals surface area (Å²) in [6, 6.07) is 30.4. The predicted octanol–water partition coefficient (Wildman–Crippen LogP) is 6.29. The number of hydrogen-bond acceptors (Lipinski definition) is 2. The number of rotatable bonds is 3. The van der Waals surface area contributed by atoms with Crippen molar-refractivity contribution in [2.75, 3.05) is 4.90 Å². The number of hydrogen-bond donors (Lipinski definition) is 0. The van der Waals surface area contributed by atoms with E-state index >= 15 is 0 Å². The Balaban J connectivity index is 1.68. The van der Waals surface area contributed by atoms with E-state index in [-0.39, 0.29) is 5.91 Å². The van der Waals surface area contributed by atoms with E-state index < -0.39 is 0 Å². The second kappa shape index (κ2) is 7.69. The van der Waals surface area contributed by atoms with Crippen LogP contribution in [-0.4, -0.2) is 11.7 Å². The van der Waals surface area contributed by atoms with Crippen LogP contribution in [0.2, 0.25) is 0 Å². The van der Waals surface area contributed by atoms with Gasteiger partial charge in [0.2, 0.25) is 0 Å². The number of carbonyl (C=O) groups excluding carboxylic acids is 1. The highest BCUT2D eigenvalue weighted by atomic mass is 16.2. The number of amidine groups is 1. The SMILES string of the molecule is Cc1cccc(C2=N/C(=C/c3cccc4ccccc34)C(=O)N2c2cccc(C)c2)c1. The first kappa shape index (κ1) is 19.0. The second-order valence-electron chi connectivity index (χ2n) is 7.88. The number of aliphatic imine (C=N–C) groups is 1. The first-order chi connectivity index (χ1) is 15.1. The average molecular weight is 402 g/mol. The largest absolute Gasteiger partial charge is 0.282 e. The van der Waals surface area contributed by atoms with Gasteiger partial charge in [-0.3, -0.25) is 9.69 Å². The van der Waals surface area contributed by atoms with Crippen LogP contribution in [0.1, 0.15) is 22.3 Å². The molecule has 3 nitrogen and oxygen atoms in total. The maximum Gasteiger partial charge on any atom is 0.282 e. The third kappa shape index (κ3) is 3.55. The number of benzene rings is 4. The van der Waals surface area contributed by atoms with Gasteiger partial charge in [-0.1, -0.05) is 78.4 Å². The van der Waals surface area contributed by atoms with Gasteiger partial charge >= 0.3 is 0 Å². The Kier molecular flexibility index (Phi) is 4.72.